The van der Waals surface area contributed by atoms with E-state index >= 15 is 0 Å². The number of hydrogen-bond acceptors (Lipinski definition) is 3. The van der Waals surface area contributed by atoms with Crippen LogP contribution in [0.4, 0.5) is 8.78 Å². The first-order valence-electron chi connectivity index (χ1n) is 5.69. The van der Waals surface area contributed by atoms with Crippen molar-refractivity contribution in [3.05, 3.63) is 40.6 Å². The average molecular weight is 281 g/mol. The molecular formula is C13H9F2NO2S. The first kappa shape index (κ1) is 12.3. The molecule has 0 saturated carbocycles. The molecule has 1 aliphatic heterocycles. The zero-order valence-corrected chi connectivity index (χ0v) is 10.6. The zero-order chi connectivity index (χ0) is 13.6. The van der Waals surface area contributed by atoms with Crippen LogP contribution in [0, 0.1) is 11.6 Å². The molecule has 0 saturated heterocycles. The zero-order valence-electron chi connectivity index (χ0n) is 9.74. The van der Waals surface area contributed by atoms with Crippen LogP contribution in [0.15, 0.2) is 12.1 Å². The monoisotopic (exact) mass is 281 g/mol. The van der Waals surface area contributed by atoms with Crippen LogP contribution in [0.3, 0.4) is 0 Å². The molecule has 0 fully saturated rings. The topological polar surface area (TPSA) is 50.2 Å². The molecule has 1 aliphatic rings. The lowest BCUT2D eigenvalue weighted by molar-refractivity contribution is 0.0697. The Kier molecular flexibility index (Phi) is 2.89. The molecule has 6 heteroatoms. The number of aryl methyl sites for hydroxylation is 1. The molecule has 0 radical (unpaired) electrons. The van der Waals surface area contributed by atoms with Gasteiger partial charge in [0, 0.05) is 23.6 Å². The van der Waals surface area contributed by atoms with E-state index in [-0.39, 0.29) is 16.5 Å². The van der Waals surface area contributed by atoms with Crippen molar-refractivity contribution in [2.45, 2.75) is 12.2 Å². The lowest BCUT2D eigenvalue weighted by atomic mass is 9.99. The number of nitrogens with zero attached hydrogens (tertiary/aromatic N) is 1. The number of carboxylic acids is 1. The molecule has 1 aromatic heterocycles. The van der Waals surface area contributed by atoms with Gasteiger partial charge in [-0.15, -0.1) is 0 Å². The molecule has 0 aliphatic carbocycles. The van der Waals surface area contributed by atoms with Crippen molar-refractivity contribution >= 4 is 28.6 Å². The van der Waals surface area contributed by atoms with E-state index in [1.165, 1.54) is 0 Å². The van der Waals surface area contributed by atoms with Crippen molar-refractivity contribution in [2.24, 2.45) is 0 Å². The van der Waals surface area contributed by atoms with Gasteiger partial charge in [-0.25, -0.2) is 13.6 Å². The van der Waals surface area contributed by atoms with Gasteiger partial charge in [-0.05, 0) is 17.7 Å². The summed E-state index contributed by atoms with van der Waals surface area (Å²) in [6.07, 6.45) is 0.619. The summed E-state index contributed by atoms with van der Waals surface area (Å²) in [7, 11) is 0. The minimum absolute atomic E-state index is 0.0700. The standard InChI is InChI=1S/C13H9F2NO2S/c14-6-3-8(15)12-10(4-6)16-9-1-2-19-5-7(9)11(12)13(17)18/h3-4H,1-2,5H2,(H,17,18). The number of rotatable bonds is 1. The van der Waals surface area contributed by atoms with Crippen molar-refractivity contribution in [1.82, 2.24) is 4.98 Å². The molecule has 0 amide bonds. The minimum atomic E-state index is -1.20. The average Bonchev–Trinajstić information content (AvgIpc) is 2.35. The maximum Gasteiger partial charge on any atom is 0.336 e. The van der Waals surface area contributed by atoms with Crippen LogP contribution in [0.25, 0.3) is 10.9 Å². The summed E-state index contributed by atoms with van der Waals surface area (Å²) in [6.45, 7) is 0. The Morgan fingerprint density at radius 3 is 2.89 bits per heavy atom. The number of carboxylic acid groups (broad SMARTS) is 1. The van der Waals surface area contributed by atoms with E-state index in [0.717, 1.165) is 11.8 Å². The summed E-state index contributed by atoms with van der Waals surface area (Å²) in [5.41, 5.74) is 1.18. The predicted octanol–water partition coefficient (Wildman–Crippen LogP) is 3.00. The molecule has 0 atom stereocenters. The maximum absolute atomic E-state index is 13.9. The van der Waals surface area contributed by atoms with Gasteiger partial charge in [-0.1, -0.05) is 0 Å². The fourth-order valence-electron chi connectivity index (χ4n) is 2.35. The number of halogens is 2. The summed E-state index contributed by atoms with van der Waals surface area (Å²) in [5, 5.41) is 9.23. The number of pyridine rings is 1. The van der Waals surface area contributed by atoms with Crippen molar-refractivity contribution in [1.29, 1.82) is 0 Å². The summed E-state index contributed by atoms with van der Waals surface area (Å²) < 4.78 is 27.1. The van der Waals surface area contributed by atoms with Gasteiger partial charge < -0.3 is 5.11 Å². The van der Waals surface area contributed by atoms with E-state index < -0.39 is 17.6 Å². The first-order chi connectivity index (χ1) is 9.08. The third-order valence-electron chi connectivity index (χ3n) is 3.13. The third kappa shape index (κ3) is 1.96. The molecule has 0 bridgehead atoms. The fourth-order valence-corrected chi connectivity index (χ4v) is 3.34. The molecule has 98 valence electrons. The van der Waals surface area contributed by atoms with Gasteiger partial charge in [0.1, 0.15) is 11.6 Å². The Labute approximate surface area is 111 Å². The summed E-state index contributed by atoms with van der Waals surface area (Å²) >= 11 is 1.59. The van der Waals surface area contributed by atoms with Crippen LogP contribution in [0.2, 0.25) is 0 Å². The molecule has 1 aromatic carbocycles. The van der Waals surface area contributed by atoms with Gasteiger partial charge in [0.15, 0.2) is 0 Å². The lowest BCUT2D eigenvalue weighted by Crippen LogP contribution is -2.14. The first-order valence-corrected chi connectivity index (χ1v) is 6.85. The number of hydrogen-bond donors (Lipinski definition) is 1. The molecule has 2 heterocycles. The van der Waals surface area contributed by atoms with E-state index in [1.54, 1.807) is 11.8 Å². The number of aromatic nitrogens is 1. The van der Waals surface area contributed by atoms with Crippen LogP contribution >= 0.6 is 11.8 Å². The van der Waals surface area contributed by atoms with Gasteiger partial charge in [-0.2, -0.15) is 11.8 Å². The number of aromatic carboxylic acids is 1. The lowest BCUT2D eigenvalue weighted by Gasteiger charge is -2.18. The maximum atomic E-state index is 13.9. The second kappa shape index (κ2) is 4.45. The number of fused-ring (bicyclic) bond motifs is 2. The highest BCUT2D eigenvalue weighted by atomic mass is 32.2. The van der Waals surface area contributed by atoms with Gasteiger partial charge in [0.25, 0.3) is 0 Å². The SMILES string of the molecule is O=C(O)c1c2c(nc3cc(F)cc(F)c13)CCSC2. The molecular weight excluding hydrogens is 272 g/mol. The number of benzene rings is 1. The minimum Gasteiger partial charge on any atom is -0.478 e. The summed E-state index contributed by atoms with van der Waals surface area (Å²) in [6, 6.07) is 1.77. The van der Waals surface area contributed by atoms with Crippen molar-refractivity contribution < 1.29 is 18.7 Å². The fraction of sp³-hybridized carbons (Fsp3) is 0.231. The smallest absolute Gasteiger partial charge is 0.336 e. The molecule has 3 rings (SSSR count). The van der Waals surface area contributed by atoms with Gasteiger partial charge in [0.2, 0.25) is 0 Å². The third-order valence-corrected chi connectivity index (χ3v) is 4.12. The molecule has 3 nitrogen and oxygen atoms in total. The van der Waals surface area contributed by atoms with Crippen molar-refractivity contribution in [3.63, 3.8) is 0 Å². The highest BCUT2D eigenvalue weighted by Gasteiger charge is 2.24. The highest BCUT2D eigenvalue weighted by molar-refractivity contribution is 7.98. The normalized spacial score (nSPS) is 14.4. The molecule has 19 heavy (non-hydrogen) atoms. The largest absolute Gasteiger partial charge is 0.478 e. The highest BCUT2D eigenvalue weighted by Crippen LogP contribution is 2.32. The summed E-state index contributed by atoms with van der Waals surface area (Å²) in [5.74, 6) is -1.49. The molecule has 0 unspecified atom stereocenters. The Hall–Kier alpha value is -1.69. The Morgan fingerprint density at radius 2 is 2.16 bits per heavy atom. The van der Waals surface area contributed by atoms with Gasteiger partial charge in [0.05, 0.1) is 16.5 Å². The predicted molar refractivity (Wildman–Crippen MR) is 68.5 cm³/mol. The van der Waals surface area contributed by atoms with Crippen molar-refractivity contribution in [3.8, 4) is 0 Å². The van der Waals surface area contributed by atoms with Crippen LogP contribution in [0.5, 0.6) is 0 Å². The number of thioether (sulfide) groups is 1. The second-order valence-electron chi connectivity index (χ2n) is 4.30. The van der Waals surface area contributed by atoms with Crippen molar-refractivity contribution in [2.75, 3.05) is 5.75 Å². The molecule has 0 spiro atoms. The Bertz CT molecular complexity index is 703. The molecule has 1 N–H and O–H groups in total. The van der Waals surface area contributed by atoms with E-state index in [1.807, 2.05) is 0 Å². The van der Waals surface area contributed by atoms with E-state index in [2.05, 4.69) is 4.98 Å². The van der Waals surface area contributed by atoms with Crippen LogP contribution in [-0.4, -0.2) is 21.8 Å². The van der Waals surface area contributed by atoms with E-state index in [9.17, 15) is 18.7 Å². The second-order valence-corrected chi connectivity index (χ2v) is 5.41. The van der Waals surface area contributed by atoms with Crippen LogP contribution < -0.4 is 0 Å². The van der Waals surface area contributed by atoms with E-state index in [4.69, 9.17) is 0 Å². The Morgan fingerprint density at radius 1 is 1.37 bits per heavy atom. The summed E-state index contributed by atoms with van der Waals surface area (Å²) in [4.78, 5) is 15.7. The quantitative estimate of drug-likeness (QED) is 0.873. The molecule has 2 aromatic rings. The van der Waals surface area contributed by atoms with E-state index in [0.29, 0.717) is 29.5 Å². The van der Waals surface area contributed by atoms with Crippen LogP contribution in [0.1, 0.15) is 21.6 Å². The number of carbonyl (C=O) groups is 1. The Balaban J connectivity index is 2.46. The van der Waals surface area contributed by atoms with Gasteiger partial charge in [-0.3, -0.25) is 4.98 Å². The van der Waals surface area contributed by atoms with Gasteiger partial charge >= 0.3 is 5.97 Å². The van der Waals surface area contributed by atoms with Crippen LogP contribution in [-0.2, 0) is 12.2 Å².